The van der Waals surface area contributed by atoms with Crippen molar-refractivity contribution in [1.29, 1.82) is 0 Å². The normalized spacial score (nSPS) is 14.2. The van der Waals surface area contributed by atoms with Gasteiger partial charge in [0.15, 0.2) is 11.5 Å². The molecule has 1 atom stereocenters. The number of hydrogen-bond donors (Lipinski definition) is 1. The Labute approximate surface area is 118 Å². The molecule has 1 N–H and O–H groups in total. The van der Waals surface area contributed by atoms with Crippen molar-refractivity contribution in [2.24, 2.45) is 5.92 Å². The first-order valence-corrected chi connectivity index (χ1v) is 7.01. The predicted molar refractivity (Wildman–Crippen MR) is 74.0 cm³/mol. The Bertz CT molecular complexity index is 450. The second-order valence-electron chi connectivity index (χ2n) is 4.53. The second-order valence-corrected chi connectivity index (χ2v) is 4.91. The van der Waals surface area contributed by atoms with Crippen LogP contribution >= 0.6 is 11.6 Å². The van der Waals surface area contributed by atoms with Gasteiger partial charge in [0.25, 0.3) is 5.91 Å². The smallest absolute Gasteiger partial charge is 0.251 e. The lowest BCUT2D eigenvalue weighted by molar-refractivity contribution is 0.0946. The number of carbonyl (C=O) groups is 1. The topological polar surface area (TPSA) is 47.6 Å². The molecule has 0 fully saturated rings. The summed E-state index contributed by atoms with van der Waals surface area (Å²) in [6.45, 7) is 2.97. The standard InChI is InChI=1S/C14H18ClNO3/c1-2-10(5-6-15)8-16-14(17)11-3-4-12-13(7-11)19-9-18-12/h3-4,7,10H,2,5-6,8-9H2,1H3,(H,16,17). The van der Waals surface area contributed by atoms with Crippen molar-refractivity contribution in [3.63, 3.8) is 0 Å². The summed E-state index contributed by atoms with van der Waals surface area (Å²) in [5.74, 6) is 2.27. The fraction of sp³-hybridized carbons (Fsp3) is 0.500. The fourth-order valence-electron chi connectivity index (χ4n) is 1.98. The monoisotopic (exact) mass is 283 g/mol. The van der Waals surface area contributed by atoms with Crippen molar-refractivity contribution in [1.82, 2.24) is 5.32 Å². The Balaban J connectivity index is 1.92. The van der Waals surface area contributed by atoms with E-state index >= 15 is 0 Å². The molecule has 0 spiro atoms. The van der Waals surface area contributed by atoms with Crippen LogP contribution in [-0.4, -0.2) is 25.1 Å². The third-order valence-corrected chi connectivity index (χ3v) is 3.50. The van der Waals surface area contributed by atoms with Crippen molar-refractivity contribution in [3.8, 4) is 11.5 Å². The van der Waals surface area contributed by atoms with Crippen molar-refractivity contribution < 1.29 is 14.3 Å². The molecule has 1 aliphatic heterocycles. The van der Waals surface area contributed by atoms with Gasteiger partial charge in [0.1, 0.15) is 0 Å². The Hall–Kier alpha value is -1.42. The minimum Gasteiger partial charge on any atom is -0.454 e. The van der Waals surface area contributed by atoms with Crippen molar-refractivity contribution >= 4 is 17.5 Å². The molecular formula is C14H18ClNO3. The van der Waals surface area contributed by atoms with E-state index in [0.29, 0.717) is 35.4 Å². The summed E-state index contributed by atoms with van der Waals surface area (Å²) in [7, 11) is 0. The summed E-state index contributed by atoms with van der Waals surface area (Å²) >= 11 is 5.73. The van der Waals surface area contributed by atoms with Crippen molar-refractivity contribution in [3.05, 3.63) is 23.8 Å². The molecule has 0 saturated carbocycles. The van der Waals surface area contributed by atoms with Crippen LogP contribution in [-0.2, 0) is 0 Å². The van der Waals surface area contributed by atoms with Crippen molar-refractivity contribution in [2.75, 3.05) is 19.2 Å². The fourth-order valence-corrected chi connectivity index (χ4v) is 2.29. The molecule has 1 heterocycles. The molecule has 0 aliphatic carbocycles. The number of rotatable bonds is 6. The van der Waals surface area contributed by atoms with E-state index in [0.717, 1.165) is 12.8 Å². The third kappa shape index (κ3) is 3.53. The molecule has 4 nitrogen and oxygen atoms in total. The highest BCUT2D eigenvalue weighted by Crippen LogP contribution is 2.32. The predicted octanol–water partition coefficient (Wildman–Crippen LogP) is 2.80. The lowest BCUT2D eigenvalue weighted by atomic mass is 10.0. The molecule has 1 aromatic carbocycles. The van der Waals surface area contributed by atoms with E-state index in [-0.39, 0.29) is 12.7 Å². The summed E-state index contributed by atoms with van der Waals surface area (Å²) in [5, 5.41) is 2.93. The number of alkyl halides is 1. The van der Waals surface area contributed by atoms with Crippen LogP contribution < -0.4 is 14.8 Å². The maximum atomic E-state index is 12.0. The van der Waals surface area contributed by atoms with Crippen LogP contribution in [0.25, 0.3) is 0 Å². The number of hydrogen-bond acceptors (Lipinski definition) is 3. The number of halogens is 1. The summed E-state index contributed by atoms with van der Waals surface area (Å²) in [5.41, 5.74) is 0.588. The van der Waals surface area contributed by atoms with Gasteiger partial charge in [-0.2, -0.15) is 0 Å². The number of ether oxygens (including phenoxy) is 2. The molecule has 0 aromatic heterocycles. The molecule has 1 aliphatic rings. The van der Waals surface area contributed by atoms with Crippen LogP contribution in [0, 0.1) is 5.92 Å². The van der Waals surface area contributed by atoms with Gasteiger partial charge in [-0.15, -0.1) is 11.6 Å². The average Bonchev–Trinajstić information content (AvgIpc) is 2.90. The van der Waals surface area contributed by atoms with Crippen LogP contribution in [0.15, 0.2) is 18.2 Å². The van der Waals surface area contributed by atoms with Crippen LogP contribution in [0.3, 0.4) is 0 Å². The van der Waals surface area contributed by atoms with Crippen LogP contribution in [0.1, 0.15) is 30.1 Å². The molecule has 19 heavy (non-hydrogen) atoms. The second kappa shape index (κ2) is 6.66. The molecule has 1 unspecified atom stereocenters. The molecule has 5 heteroatoms. The molecule has 1 aromatic rings. The Kier molecular flexibility index (Phi) is 4.91. The molecule has 0 bridgehead atoms. The Morgan fingerprint density at radius 1 is 1.42 bits per heavy atom. The quantitative estimate of drug-likeness (QED) is 0.817. The highest BCUT2D eigenvalue weighted by atomic mass is 35.5. The van der Waals surface area contributed by atoms with Crippen LogP contribution in [0.4, 0.5) is 0 Å². The molecule has 0 saturated heterocycles. The first-order valence-electron chi connectivity index (χ1n) is 6.48. The van der Waals surface area contributed by atoms with E-state index in [1.165, 1.54) is 0 Å². The highest BCUT2D eigenvalue weighted by molar-refractivity contribution is 6.17. The van der Waals surface area contributed by atoms with E-state index < -0.39 is 0 Å². The van der Waals surface area contributed by atoms with Crippen LogP contribution in [0.2, 0.25) is 0 Å². The molecule has 104 valence electrons. The van der Waals surface area contributed by atoms with E-state index in [1.54, 1.807) is 18.2 Å². The number of carbonyl (C=O) groups excluding carboxylic acids is 1. The maximum absolute atomic E-state index is 12.0. The minimum atomic E-state index is -0.0914. The molecule has 2 rings (SSSR count). The Morgan fingerprint density at radius 2 is 2.21 bits per heavy atom. The zero-order valence-electron chi connectivity index (χ0n) is 10.9. The number of fused-ring (bicyclic) bond motifs is 1. The summed E-state index contributed by atoms with van der Waals surface area (Å²) in [6.07, 6.45) is 1.92. The van der Waals surface area contributed by atoms with Gasteiger partial charge in [-0.25, -0.2) is 0 Å². The first-order chi connectivity index (χ1) is 9.24. The Morgan fingerprint density at radius 3 is 2.95 bits per heavy atom. The lowest BCUT2D eigenvalue weighted by Crippen LogP contribution is -2.29. The third-order valence-electron chi connectivity index (χ3n) is 3.28. The van der Waals surface area contributed by atoms with Gasteiger partial charge >= 0.3 is 0 Å². The summed E-state index contributed by atoms with van der Waals surface area (Å²) in [6, 6.07) is 5.21. The maximum Gasteiger partial charge on any atom is 0.251 e. The largest absolute Gasteiger partial charge is 0.454 e. The van der Waals surface area contributed by atoms with Crippen molar-refractivity contribution in [2.45, 2.75) is 19.8 Å². The van der Waals surface area contributed by atoms with E-state index in [4.69, 9.17) is 21.1 Å². The van der Waals surface area contributed by atoms with E-state index in [9.17, 15) is 4.79 Å². The van der Waals surface area contributed by atoms with E-state index in [2.05, 4.69) is 12.2 Å². The van der Waals surface area contributed by atoms with Gasteiger partial charge in [-0.05, 0) is 30.5 Å². The number of benzene rings is 1. The molecule has 1 amide bonds. The number of nitrogens with one attached hydrogen (secondary N) is 1. The van der Waals surface area contributed by atoms with Gasteiger partial charge in [0.05, 0.1) is 0 Å². The van der Waals surface area contributed by atoms with Gasteiger partial charge in [0, 0.05) is 18.0 Å². The average molecular weight is 284 g/mol. The zero-order valence-corrected chi connectivity index (χ0v) is 11.7. The lowest BCUT2D eigenvalue weighted by Gasteiger charge is -2.14. The van der Waals surface area contributed by atoms with Gasteiger partial charge in [-0.1, -0.05) is 13.3 Å². The summed E-state index contributed by atoms with van der Waals surface area (Å²) in [4.78, 5) is 12.0. The van der Waals surface area contributed by atoms with Crippen LogP contribution in [0.5, 0.6) is 11.5 Å². The zero-order chi connectivity index (χ0) is 13.7. The highest BCUT2D eigenvalue weighted by Gasteiger charge is 2.16. The number of amides is 1. The van der Waals surface area contributed by atoms with E-state index in [1.807, 2.05) is 0 Å². The minimum absolute atomic E-state index is 0.0914. The molecule has 0 radical (unpaired) electrons. The molecular weight excluding hydrogens is 266 g/mol. The van der Waals surface area contributed by atoms with Gasteiger partial charge < -0.3 is 14.8 Å². The first kappa shape index (κ1) is 14.0. The summed E-state index contributed by atoms with van der Waals surface area (Å²) < 4.78 is 10.5. The SMILES string of the molecule is CCC(CCCl)CNC(=O)c1ccc2c(c1)OCO2. The van der Waals surface area contributed by atoms with Gasteiger partial charge in [0.2, 0.25) is 6.79 Å². The van der Waals surface area contributed by atoms with Gasteiger partial charge in [-0.3, -0.25) is 4.79 Å².